The third-order valence-corrected chi connectivity index (χ3v) is 21.1. The SMILES string of the molecule is [2H]c1c([2H])c([2H])c(N(c2cc3c4c(c2)N(c2ccc5c(c2)C(C)(C)CCC5(C)C)C2c5ccc(C(C)(C)C)cc5OC2B4c2cc4c(cc2N3c2ccc3c(c2)C(C)(C)CCC3(C)C)C(C)(C)CCC4(C)C)c2ccc3ccccc3c2)c([2H])c1[2H]. The van der Waals surface area contributed by atoms with E-state index in [-0.39, 0.29) is 86.5 Å². The first-order valence-corrected chi connectivity index (χ1v) is 30.2. The lowest BCUT2D eigenvalue weighted by Crippen LogP contribution is -2.65. The zero-order valence-electron chi connectivity index (χ0n) is 55.8. The maximum Gasteiger partial charge on any atom is 0.267 e. The van der Waals surface area contributed by atoms with Gasteiger partial charge in [-0.05, 0) is 210 Å². The molecule has 14 rings (SSSR count). The van der Waals surface area contributed by atoms with Crippen molar-refractivity contribution in [2.75, 3.05) is 14.7 Å². The van der Waals surface area contributed by atoms with Crippen molar-refractivity contribution in [2.45, 2.75) is 192 Å². The molecule has 0 N–H and O–H groups in total. The summed E-state index contributed by atoms with van der Waals surface area (Å²) in [7, 11) is 0. The number of ether oxygens (including phenoxy) is 1. The van der Waals surface area contributed by atoms with Crippen molar-refractivity contribution >= 4 is 73.9 Å². The van der Waals surface area contributed by atoms with E-state index in [0.717, 1.165) is 94.5 Å². The summed E-state index contributed by atoms with van der Waals surface area (Å²) in [6.07, 6.45) is 6.46. The van der Waals surface area contributed by atoms with E-state index < -0.39 is 6.04 Å². The topological polar surface area (TPSA) is 19.0 Å². The number of fused-ring (bicyclic) bond motifs is 10. The highest BCUT2D eigenvalue weighted by atomic mass is 16.5. The molecule has 3 heterocycles. The second kappa shape index (κ2) is 17.4. The predicted octanol–water partition coefficient (Wildman–Crippen LogP) is 19.2. The number of nitrogens with zero attached hydrogens (tertiary/aromatic N) is 3. The van der Waals surface area contributed by atoms with Gasteiger partial charge in [-0.1, -0.05) is 183 Å². The molecule has 8 aromatic rings. The molecule has 0 saturated heterocycles. The van der Waals surface area contributed by atoms with Gasteiger partial charge in [0, 0.05) is 45.4 Å². The van der Waals surface area contributed by atoms with Gasteiger partial charge in [0.1, 0.15) is 11.8 Å². The van der Waals surface area contributed by atoms with Crippen LogP contribution in [0, 0.1) is 0 Å². The van der Waals surface area contributed by atoms with Crippen LogP contribution in [0.3, 0.4) is 0 Å². The number of hydrogen-bond donors (Lipinski definition) is 0. The Labute approximate surface area is 492 Å². The van der Waals surface area contributed by atoms with Gasteiger partial charge in [0.25, 0.3) is 6.71 Å². The lowest BCUT2D eigenvalue weighted by Gasteiger charge is -2.50. The normalized spacial score (nSPS) is 22.5. The Balaban J connectivity index is 1.16. The second-order valence-corrected chi connectivity index (χ2v) is 30.2. The molecule has 6 aliphatic rings. The molecule has 0 amide bonds. The summed E-state index contributed by atoms with van der Waals surface area (Å²) in [6.45, 7) is 35.5. The number of hydrogen-bond acceptors (Lipinski definition) is 4. The fourth-order valence-electron chi connectivity index (χ4n) is 15.6. The quantitative estimate of drug-likeness (QED) is 0.160. The van der Waals surface area contributed by atoms with Crippen LogP contribution >= 0.6 is 0 Å². The zero-order valence-corrected chi connectivity index (χ0v) is 50.8. The van der Waals surface area contributed by atoms with Gasteiger partial charge in [0.2, 0.25) is 0 Å². The van der Waals surface area contributed by atoms with Gasteiger partial charge in [-0.25, -0.2) is 0 Å². The van der Waals surface area contributed by atoms with Crippen LogP contribution in [0.4, 0.5) is 45.5 Å². The van der Waals surface area contributed by atoms with Crippen LogP contribution in [-0.2, 0) is 37.9 Å². The van der Waals surface area contributed by atoms with Crippen LogP contribution in [0.5, 0.6) is 5.75 Å². The Morgan fingerprint density at radius 2 is 1.04 bits per heavy atom. The molecule has 81 heavy (non-hydrogen) atoms. The average Bonchev–Trinajstić information content (AvgIpc) is 1.16. The maximum atomic E-state index is 9.86. The minimum absolute atomic E-state index is 0.0117. The Kier molecular flexibility index (Phi) is 10.1. The average molecular weight is 1070 g/mol. The summed E-state index contributed by atoms with van der Waals surface area (Å²) in [5, 5.41) is 2.02. The van der Waals surface area contributed by atoms with Crippen LogP contribution in [0.25, 0.3) is 10.8 Å². The fraction of sp³-hybridized carbons (Fsp3) is 0.395. The van der Waals surface area contributed by atoms with E-state index >= 15 is 0 Å². The van der Waals surface area contributed by atoms with Crippen LogP contribution in [0.15, 0.2) is 152 Å². The maximum absolute atomic E-state index is 9.86. The molecule has 0 fully saturated rings. The molecule has 412 valence electrons. The van der Waals surface area contributed by atoms with E-state index in [1.54, 1.807) is 0 Å². The first kappa shape index (κ1) is 46.8. The molecule has 4 nitrogen and oxygen atoms in total. The second-order valence-electron chi connectivity index (χ2n) is 30.2. The largest absolute Gasteiger partial charge is 0.495 e. The Morgan fingerprint density at radius 1 is 0.494 bits per heavy atom. The Bertz CT molecular complexity index is 4190. The van der Waals surface area contributed by atoms with Crippen molar-refractivity contribution in [3.05, 3.63) is 196 Å². The summed E-state index contributed by atoms with van der Waals surface area (Å²) < 4.78 is 55.0. The minimum atomic E-state index is -0.424. The van der Waals surface area contributed by atoms with Gasteiger partial charge < -0.3 is 19.4 Å². The first-order chi connectivity index (χ1) is 40.3. The van der Waals surface area contributed by atoms with Crippen LogP contribution in [0.1, 0.15) is 200 Å². The molecule has 0 aromatic heterocycles. The molecular weight excluding hydrogens is 982 g/mol. The number of anilines is 8. The standard InChI is InChI=1S/C76H84BN3O/c1-70(2,3)49-26-30-55-66(40-49)81-69-68(55)80(53-29-32-57-59(42-53)74(10,11)36-34-72(57,6)7)65-44-54(78(50-23-17-16-18-24-50)51-27-25-47-21-19-20-22-48(47)39-51)43-64-67(65)77(69)62-45-60-61(76(14,15)38-37-75(60,12)13)46-63(62)79(64)52-28-31-56-58(41-52)73(8,9)35-33-71(56,4)5/h16-32,39-46,68-69H,33-38H2,1-15H3/i16D,17D,18D,23D,24D. The van der Waals surface area contributed by atoms with E-state index in [0.29, 0.717) is 11.4 Å². The van der Waals surface area contributed by atoms with Gasteiger partial charge in [-0.2, -0.15) is 0 Å². The highest BCUT2D eigenvalue weighted by molar-refractivity contribution is 6.91. The van der Waals surface area contributed by atoms with Gasteiger partial charge in [0.05, 0.1) is 18.6 Å². The number of rotatable bonds is 5. The Hall–Kier alpha value is -6.72. The van der Waals surface area contributed by atoms with Crippen molar-refractivity contribution in [3.8, 4) is 5.75 Å². The summed E-state index contributed by atoms with van der Waals surface area (Å²) in [6, 6.07) is 43.3. The lowest BCUT2D eigenvalue weighted by atomic mass is 9.32. The summed E-state index contributed by atoms with van der Waals surface area (Å²) >= 11 is 0. The van der Waals surface area contributed by atoms with E-state index in [1.807, 2.05) is 23.1 Å². The van der Waals surface area contributed by atoms with E-state index in [4.69, 9.17) is 6.11 Å². The minimum Gasteiger partial charge on any atom is -0.495 e. The monoisotopic (exact) mass is 1070 g/mol. The third kappa shape index (κ3) is 8.03. The van der Waals surface area contributed by atoms with Crippen molar-refractivity contribution in [3.63, 3.8) is 0 Å². The molecular formula is C76H84BN3O. The van der Waals surface area contributed by atoms with Crippen LogP contribution in [0.2, 0.25) is 0 Å². The van der Waals surface area contributed by atoms with Crippen LogP contribution < -0.4 is 30.4 Å². The fourth-order valence-corrected chi connectivity index (χ4v) is 15.6. The van der Waals surface area contributed by atoms with Gasteiger partial charge in [-0.15, -0.1) is 0 Å². The molecule has 0 spiro atoms. The van der Waals surface area contributed by atoms with E-state index in [1.165, 1.54) is 44.4 Å². The molecule has 8 aromatic carbocycles. The van der Waals surface area contributed by atoms with Gasteiger partial charge in [-0.3, -0.25) is 0 Å². The van der Waals surface area contributed by atoms with Crippen molar-refractivity contribution in [1.29, 1.82) is 0 Å². The molecule has 0 radical (unpaired) electrons. The summed E-state index contributed by atoms with van der Waals surface area (Å²) in [5.41, 5.74) is 19.2. The molecule has 0 saturated carbocycles. The van der Waals surface area contributed by atoms with Gasteiger partial charge >= 0.3 is 0 Å². The van der Waals surface area contributed by atoms with E-state index in [9.17, 15) is 5.48 Å². The smallest absolute Gasteiger partial charge is 0.267 e. The highest BCUT2D eigenvalue weighted by Gasteiger charge is 2.57. The zero-order chi connectivity index (χ0) is 61.1. The first-order valence-electron chi connectivity index (χ1n) is 32.7. The van der Waals surface area contributed by atoms with E-state index in [2.05, 4.69) is 217 Å². The number of benzene rings is 8. The predicted molar refractivity (Wildman–Crippen MR) is 345 cm³/mol. The molecule has 3 aliphatic heterocycles. The highest BCUT2D eigenvalue weighted by Crippen LogP contribution is 2.58. The molecule has 3 aliphatic carbocycles. The summed E-state index contributed by atoms with van der Waals surface area (Å²) in [4.78, 5) is 7.11. The van der Waals surface area contributed by atoms with Crippen molar-refractivity contribution in [1.82, 2.24) is 0 Å². The molecule has 0 bridgehead atoms. The Morgan fingerprint density at radius 3 is 1.65 bits per heavy atom. The molecule has 2 atom stereocenters. The van der Waals surface area contributed by atoms with Gasteiger partial charge in [0.15, 0.2) is 0 Å². The lowest BCUT2D eigenvalue weighted by molar-refractivity contribution is 0.281. The number of para-hydroxylation sites is 1. The van der Waals surface area contributed by atoms with Crippen molar-refractivity contribution in [2.24, 2.45) is 0 Å². The molecule has 5 heteroatoms. The van der Waals surface area contributed by atoms with Crippen molar-refractivity contribution < 1.29 is 11.6 Å². The van der Waals surface area contributed by atoms with Crippen LogP contribution in [-0.4, -0.2) is 12.7 Å². The third-order valence-electron chi connectivity index (χ3n) is 21.1. The molecule has 2 unspecified atom stereocenters. The summed E-state index contributed by atoms with van der Waals surface area (Å²) in [5.74, 6) is 0.909.